The Labute approximate surface area is 253 Å². The summed E-state index contributed by atoms with van der Waals surface area (Å²) in [5, 5.41) is 2.06. The monoisotopic (exact) mass is 606 g/mol. The van der Waals surface area contributed by atoms with E-state index in [2.05, 4.69) is 56.6 Å². The number of hydrogen-bond donors (Lipinski definition) is 2. The largest absolute Gasteiger partial charge is 0.368 e. The molecular weight excluding hydrogens is 564 g/mol. The molecule has 0 amide bonds. The summed E-state index contributed by atoms with van der Waals surface area (Å²) in [5.74, 6) is 1.04. The third-order valence-electron chi connectivity index (χ3n) is 9.80. The fourth-order valence-electron chi connectivity index (χ4n) is 7.26. The number of benzene rings is 1. The Morgan fingerprint density at radius 1 is 1.16 bits per heavy atom. The number of sulfonamides is 1. The zero-order valence-corrected chi connectivity index (χ0v) is 26.3. The number of carbonyl (C=O) groups is 1. The Bertz CT molecular complexity index is 1750. The van der Waals surface area contributed by atoms with E-state index in [1.54, 1.807) is 10.8 Å². The fraction of sp³-hybridized carbons (Fsp3) is 0.531. The van der Waals surface area contributed by atoms with Gasteiger partial charge >= 0.3 is 0 Å². The number of fused-ring (bicyclic) bond motifs is 4. The zero-order valence-electron chi connectivity index (χ0n) is 25.5. The normalized spacial score (nSPS) is 22.6. The molecule has 0 spiro atoms. The minimum Gasteiger partial charge on any atom is -0.368 e. The Morgan fingerprint density at radius 2 is 1.95 bits per heavy atom. The molecule has 6 rings (SSSR count). The van der Waals surface area contributed by atoms with Gasteiger partial charge in [-0.3, -0.25) is 9.36 Å². The number of aromatic amines is 1. The van der Waals surface area contributed by atoms with Gasteiger partial charge in [0.15, 0.2) is 5.65 Å². The lowest BCUT2D eigenvalue weighted by atomic mass is 9.86. The zero-order chi connectivity index (χ0) is 30.4. The number of para-hydroxylation sites is 1. The van der Waals surface area contributed by atoms with Crippen molar-refractivity contribution in [3.8, 4) is 0 Å². The maximum Gasteiger partial charge on any atom is 0.235 e. The van der Waals surface area contributed by atoms with E-state index in [4.69, 9.17) is 4.74 Å². The number of hydrogen-bond acceptors (Lipinski definition) is 7. The van der Waals surface area contributed by atoms with Crippen LogP contribution in [0.15, 0.2) is 36.8 Å². The van der Waals surface area contributed by atoms with Gasteiger partial charge in [-0.2, -0.15) is 0 Å². The van der Waals surface area contributed by atoms with E-state index in [0.717, 1.165) is 60.9 Å². The number of carbonyl (C=O) groups excluding carboxylic acids is 1. The minimum absolute atomic E-state index is 0.0716. The highest BCUT2D eigenvalue weighted by Crippen LogP contribution is 2.43. The third-order valence-corrected chi connectivity index (χ3v) is 11.3. The van der Waals surface area contributed by atoms with Crippen molar-refractivity contribution >= 4 is 43.7 Å². The van der Waals surface area contributed by atoms with Crippen LogP contribution in [0.25, 0.3) is 21.9 Å². The number of nitrogens with zero attached hydrogens (tertiary/aromatic N) is 4. The van der Waals surface area contributed by atoms with Gasteiger partial charge in [-0.25, -0.2) is 23.1 Å². The van der Waals surface area contributed by atoms with Crippen molar-refractivity contribution in [2.45, 2.75) is 76.9 Å². The van der Waals surface area contributed by atoms with Gasteiger partial charge in [0, 0.05) is 30.2 Å². The summed E-state index contributed by atoms with van der Waals surface area (Å²) in [4.78, 5) is 29.0. The SMILES string of the molecule is CCc1cccc2c3c([nH]c12)C(CC)(CC(=O)n1ccc2c(N(C)[C@H]4CC[C@H](CS(=O)(=O)NC)CC4)ncnc21)OCC3. The Hall–Kier alpha value is -3.28. The van der Waals surface area contributed by atoms with Gasteiger partial charge in [0.2, 0.25) is 15.9 Å². The van der Waals surface area contributed by atoms with Crippen LogP contribution in [-0.4, -0.2) is 66.3 Å². The van der Waals surface area contributed by atoms with Gasteiger partial charge in [0.1, 0.15) is 17.7 Å². The Kier molecular flexibility index (Phi) is 8.08. The molecule has 1 saturated carbocycles. The van der Waals surface area contributed by atoms with E-state index in [1.165, 1.54) is 29.9 Å². The molecule has 4 aromatic rings. The lowest BCUT2D eigenvalue weighted by Gasteiger charge is -2.36. The molecule has 0 bridgehead atoms. The van der Waals surface area contributed by atoms with Crippen molar-refractivity contribution in [2.24, 2.45) is 5.92 Å². The maximum atomic E-state index is 14.0. The fourth-order valence-corrected chi connectivity index (χ4v) is 8.38. The molecule has 4 heterocycles. The second-order valence-electron chi connectivity index (χ2n) is 12.1. The standard InChI is InChI=1S/C32H42N6O4S/c1-5-22-8-7-9-24-25-15-17-42-32(6-2,29(25)36-28(22)24)18-27(39)38-16-14-26-30(34-20-35-31(26)38)37(4)23-12-10-21(11-13-23)19-43(40,41)33-3/h7-9,14,16,20-21,23,33,36H,5-6,10-13,15,17-19H2,1-4H3/t21-,23-,32?. The van der Waals surface area contributed by atoms with E-state index < -0.39 is 15.6 Å². The maximum absolute atomic E-state index is 14.0. The highest BCUT2D eigenvalue weighted by Gasteiger charge is 2.41. The molecule has 2 aliphatic rings. The summed E-state index contributed by atoms with van der Waals surface area (Å²) in [5.41, 5.74) is 4.54. The van der Waals surface area contributed by atoms with Crippen LogP contribution in [-0.2, 0) is 33.2 Å². The number of aromatic nitrogens is 4. The van der Waals surface area contributed by atoms with Crippen molar-refractivity contribution in [1.29, 1.82) is 0 Å². The summed E-state index contributed by atoms with van der Waals surface area (Å²) >= 11 is 0. The van der Waals surface area contributed by atoms with Crippen LogP contribution >= 0.6 is 0 Å². The number of anilines is 1. The van der Waals surface area contributed by atoms with Crippen molar-refractivity contribution in [1.82, 2.24) is 24.2 Å². The van der Waals surface area contributed by atoms with Gasteiger partial charge in [0.25, 0.3) is 0 Å². The number of aryl methyl sites for hydroxylation is 1. The second kappa shape index (κ2) is 11.7. The molecule has 2 N–H and O–H groups in total. The van der Waals surface area contributed by atoms with Crippen molar-refractivity contribution < 1.29 is 17.9 Å². The van der Waals surface area contributed by atoms with E-state index in [1.807, 2.05) is 13.1 Å². The summed E-state index contributed by atoms with van der Waals surface area (Å²) in [6.45, 7) is 4.82. The number of ether oxygens (including phenoxy) is 1. The molecule has 3 aromatic heterocycles. The molecule has 10 nitrogen and oxygen atoms in total. The first-order valence-electron chi connectivity index (χ1n) is 15.5. The molecule has 230 valence electrons. The summed E-state index contributed by atoms with van der Waals surface area (Å²) < 4.78 is 34.6. The van der Waals surface area contributed by atoms with Gasteiger partial charge < -0.3 is 14.6 Å². The molecule has 1 aromatic carbocycles. The Morgan fingerprint density at radius 3 is 2.67 bits per heavy atom. The molecule has 1 atom stereocenters. The first-order valence-corrected chi connectivity index (χ1v) is 17.1. The highest BCUT2D eigenvalue weighted by molar-refractivity contribution is 7.89. The van der Waals surface area contributed by atoms with Crippen LogP contribution in [0.5, 0.6) is 0 Å². The van der Waals surface area contributed by atoms with Crippen LogP contribution in [0.3, 0.4) is 0 Å². The van der Waals surface area contributed by atoms with E-state index in [-0.39, 0.29) is 30.0 Å². The summed E-state index contributed by atoms with van der Waals surface area (Å²) in [6.07, 6.45) is 9.40. The molecule has 1 aliphatic carbocycles. The molecule has 0 radical (unpaired) electrons. The van der Waals surface area contributed by atoms with E-state index >= 15 is 0 Å². The molecule has 1 unspecified atom stereocenters. The average Bonchev–Trinajstić information content (AvgIpc) is 3.64. The molecule has 0 saturated heterocycles. The summed E-state index contributed by atoms with van der Waals surface area (Å²) in [6, 6.07) is 8.60. The van der Waals surface area contributed by atoms with Gasteiger partial charge in [-0.1, -0.05) is 32.0 Å². The van der Waals surface area contributed by atoms with Crippen molar-refractivity contribution in [3.05, 3.63) is 53.6 Å². The first-order chi connectivity index (χ1) is 20.7. The second-order valence-corrected chi connectivity index (χ2v) is 14.1. The lowest BCUT2D eigenvalue weighted by Crippen LogP contribution is -2.38. The molecule has 1 aliphatic heterocycles. The molecule has 43 heavy (non-hydrogen) atoms. The lowest BCUT2D eigenvalue weighted by molar-refractivity contribution is -0.0667. The quantitative estimate of drug-likeness (QED) is 0.277. The first kappa shape index (κ1) is 29.8. The van der Waals surface area contributed by atoms with Crippen LogP contribution in [0.2, 0.25) is 0 Å². The number of nitrogens with one attached hydrogen (secondary N) is 2. The van der Waals surface area contributed by atoms with Gasteiger partial charge in [-0.15, -0.1) is 0 Å². The van der Waals surface area contributed by atoms with Crippen LogP contribution < -0.4 is 9.62 Å². The highest BCUT2D eigenvalue weighted by atomic mass is 32.2. The number of H-pyrrole nitrogens is 1. The smallest absolute Gasteiger partial charge is 0.235 e. The van der Waals surface area contributed by atoms with Gasteiger partial charge in [0.05, 0.1) is 29.9 Å². The third kappa shape index (κ3) is 5.36. The molecule has 11 heteroatoms. The van der Waals surface area contributed by atoms with Crippen LogP contribution in [0.4, 0.5) is 5.82 Å². The number of rotatable bonds is 9. The minimum atomic E-state index is -3.22. The van der Waals surface area contributed by atoms with Crippen molar-refractivity contribution in [2.75, 3.05) is 31.4 Å². The topological polar surface area (TPSA) is 122 Å². The van der Waals surface area contributed by atoms with E-state index in [0.29, 0.717) is 18.7 Å². The molecule has 1 fully saturated rings. The van der Waals surface area contributed by atoms with E-state index in [9.17, 15) is 13.2 Å². The Balaban J connectivity index is 1.25. The predicted molar refractivity (Wildman–Crippen MR) is 169 cm³/mol. The molecular formula is C32H42N6O4S. The average molecular weight is 607 g/mol. The van der Waals surface area contributed by atoms with Gasteiger partial charge in [-0.05, 0) is 75.1 Å². The van der Waals surface area contributed by atoms with Crippen LogP contribution in [0.1, 0.15) is 74.0 Å². The van der Waals surface area contributed by atoms with Crippen LogP contribution in [0, 0.1) is 5.92 Å². The predicted octanol–water partition coefficient (Wildman–Crippen LogP) is 4.93. The van der Waals surface area contributed by atoms with Crippen molar-refractivity contribution in [3.63, 3.8) is 0 Å². The summed E-state index contributed by atoms with van der Waals surface area (Å²) in [7, 11) is 0.281.